The van der Waals surface area contributed by atoms with Gasteiger partial charge in [-0.1, -0.05) is 54.6 Å². The fraction of sp³-hybridized carbons (Fsp3) is 0.362. The Hall–Kier alpha value is -6.92. The Morgan fingerprint density at radius 3 is 1.09 bits per heavy atom. The predicted octanol–water partition coefficient (Wildman–Crippen LogP) is 14.3. The van der Waals surface area contributed by atoms with Crippen LogP contribution in [0.4, 0.5) is 22.7 Å². The van der Waals surface area contributed by atoms with E-state index in [1.165, 1.54) is 163 Å². The van der Waals surface area contributed by atoms with E-state index < -0.39 is 0 Å². The van der Waals surface area contributed by atoms with Gasteiger partial charge in [-0.2, -0.15) is 9.13 Å². The Bertz CT molecular complexity index is 3460. The summed E-state index contributed by atoms with van der Waals surface area (Å²) in [5.41, 5.74) is 39.4. The zero-order valence-electron chi connectivity index (χ0n) is 49.0. The monoisotopic (exact) mass is 996 g/mol. The van der Waals surface area contributed by atoms with Gasteiger partial charge in [-0.25, -0.2) is 4.57 Å². The number of hydrogen-bond acceptors (Lipinski definition) is 3. The third-order valence-electron chi connectivity index (χ3n) is 18.2. The van der Waals surface area contributed by atoms with Crippen molar-refractivity contribution in [1.29, 1.82) is 0 Å². The summed E-state index contributed by atoms with van der Waals surface area (Å²) in [5, 5.41) is 0. The molecule has 75 heavy (non-hydrogen) atoms. The zero-order chi connectivity index (χ0) is 54.1. The van der Waals surface area contributed by atoms with E-state index in [4.69, 9.17) is 4.98 Å². The van der Waals surface area contributed by atoms with Crippen LogP contribution in [-0.2, 0) is 46.1 Å². The summed E-state index contributed by atoms with van der Waals surface area (Å²) in [6.45, 7) is 43.9. The van der Waals surface area contributed by atoms with E-state index >= 15 is 0 Å². The fourth-order valence-corrected chi connectivity index (χ4v) is 11.9. The number of fused-ring (bicyclic) bond motifs is 2. The van der Waals surface area contributed by atoms with Gasteiger partial charge in [-0.15, -0.1) is 0 Å². The molecule has 0 radical (unpaired) electrons. The fourth-order valence-electron chi connectivity index (χ4n) is 11.9. The van der Waals surface area contributed by atoms with E-state index in [2.05, 4.69) is 240 Å². The standard InChI is InChI=1S/C69H83N6/c1-40-30-66-68(32-42(40)3)75(39-61-26-22-59(23-27-61)37-73-56(17)50(11)63(51(12)57(73)18)35-65-47(8)29-45(6)53(14)71(65)19)69-33-43(4)41(2)31-67(69)74(66)38-60-24-20-58(21-25-60)36-72-54(15)48(9)62(49(10)55(72)16)34-64-46(7)28-44(5)52(13)70-64/h20-33H,34-39H2,1-19H3/q+3. The molecule has 1 aliphatic rings. The molecule has 0 N–H and O–H groups in total. The van der Waals surface area contributed by atoms with Crippen LogP contribution in [-0.4, -0.2) is 4.98 Å². The minimum absolute atomic E-state index is 0.776. The Morgan fingerprint density at radius 1 is 0.360 bits per heavy atom. The number of rotatable bonds is 12. The van der Waals surface area contributed by atoms with E-state index in [1.807, 2.05) is 0 Å². The maximum absolute atomic E-state index is 5.03. The molecule has 8 aromatic rings. The van der Waals surface area contributed by atoms with Crippen molar-refractivity contribution in [3.63, 3.8) is 0 Å². The van der Waals surface area contributed by atoms with Gasteiger partial charge in [0.1, 0.15) is 7.05 Å². The molecular formula is C69H83N6+3. The Morgan fingerprint density at radius 2 is 0.707 bits per heavy atom. The molecule has 0 aliphatic carbocycles. The molecule has 4 aromatic heterocycles. The average molecular weight is 996 g/mol. The lowest BCUT2D eigenvalue weighted by Crippen LogP contribution is -2.43. The second-order valence-corrected chi connectivity index (χ2v) is 22.7. The number of benzene rings is 4. The topological polar surface area (TPSA) is 31.0 Å². The summed E-state index contributed by atoms with van der Waals surface area (Å²) < 4.78 is 7.43. The molecule has 9 rings (SSSR count). The Balaban J connectivity index is 0.967. The smallest absolute Gasteiger partial charge is 0.188 e. The van der Waals surface area contributed by atoms with Crippen molar-refractivity contribution in [3.8, 4) is 0 Å². The van der Waals surface area contributed by atoms with Gasteiger partial charge in [0.2, 0.25) is 0 Å². The predicted molar refractivity (Wildman–Crippen MR) is 312 cm³/mol. The molecule has 0 atom stereocenters. The van der Waals surface area contributed by atoms with Crippen LogP contribution in [0.1, 0.15) is 146 Å². The van der Waals surface area contributed by atoms with Crippen molar-refractivity contribution >= 4 is 22.7 Å². The average Bonchev–Trinajstić information content (AvgIpc) is 3.38. The molecule has 0 unspecified atom stereocenters. The molecule has 0 saturated heterocycles. The summed E-state index contributed by atoms with van der Waals surface area (Å²) in [5.74, 6) is 0. The summed E-state index contributed by atoms with van der Waals surface area (Å²) >= 11 is 0. The van der Waals surface area contributed by atoms with Gasteiger partial charge in [0.25, 0.3) is 0 Å². The van der Waals surface area contributed by atoms with Crippen molar-refractivity contribution < 1.29 is 13.7 Å². The van der Waals surface area contributed by atoms with E-state index in [9.17, 15) is 0 Å². The van der Waals surface area contributed by atoms with Crippen LogP contribution in [0.5, 0.6) is 0 Å². The van der Waals surface area contributed by atoms with Gasteiger partial charge in [0.05, 0.1) is 29.2 Å². The van der Waals surface area contributed by atoms with Gasteiger partial charge in [-0.3, -0.25) is 4.98 Å². The Kier molecular flexibility index (Phi) is 14.6. The first-order valence-electron chi connectivity index (χ1n) is 27.3. The first-order chi connectivity index (χ1) is 35.5. The van der Waals surface area contributed by atoms with Gasteiger partial charge < -0.3 is 9.80 Å². The maximum atomic E-state index is 5.03. The van der Waals surface area contributed by atoms with Crippen molar-refractivity contribution in [2.45, 2.75) is 164 Å². The van der Waals surface area contributed by atoms with Crippen LogP contribution in [0.3, 0.4) is 0 Å². The highest BCUT2D eigenvalue weighted by atomic mass is 15.3. The highest BCUT2D eigenvalue weighted by Crippen LogP contribution is 2.51. The number of nitrogens with zero attached hydrogens (tertiary/aromatic N) is 6. The minimum atomic E-state index is 0.776. The number of aromatic nitrogens is 4. The molecule has 1 aliphatic heterocycles. The lowest BCUT2D eigenvalue weighted by atomic mass is 9.93. The number of hydrogen-bond donors (Lipinski definition) is 0. The molecule has 0 saturated carbocycles. The SMILES string of the molecule is Cc1cc2c(cc1C)N(Cc1ccc(C[n+]3c(C)c(C)c(Cc4c(C)cc(C)c(C)[n+]4C)c(C)c3C)cc1)c1cc(C)c(C)cc1N2Cc1ccc(C[n+]2c(C)c(C)c(Cc3nc(C)c(C)cc3C)c(C)c2C)cc1. The molecule has 0 amide bonds. The second kappa shape index (κ2) is 20.7. The lowest BCUT2D eigenvalue weighted by Gasteiger charge is -2.41. The van der Waals surface area contributed by atoms with Crippen LogP contribution in [0.15, 0.2) is 84.9 Å². The van der Waals surface area contributed by atoms with Crippen LogP contribution >= 0.6 is 0 Å². The normalized spacial score (nSPS) is 12.2. The highest BCUT2D eigenvalue weighted by molar-refractivity contribution is 5.94. The van der Waals surface area contributed by atoms with Crippen molar-refractivity contribution in [2.75, 3.05) is 9.80 Å². The quantitative estimate of drug-likeness (QED) is 0.114. The van der Waals surface area contributed by atoms with Crippen LogP contribution in [0.25, 0.3) is 0 Å². The van der Waals surface area contributed by atoms with Crippen LogP contribution in [0.2, 0.25) is 0 Å². The van der Waals surface area contributed by atoms with Crippen LogP contribution < -0.4 is 23.5 Å². The van der Waals surface area contributed by atoms with Gasteiger partial charge in [0, 0.05) is 110 Å². The van der Waals surface area contributed by atoms with E-state index in [0.717, 1.165) is 44.7 Å². The first kappa shape index (κ1) is 52.9. The number of aryl methyl sites for hydroxylation is 9. The van der Waals surface area contributed by atoms with Crippen LogP contribution in [0, 0.1) is 125 Å². The summed E-state index contributed by atoms with van der Waals surface area (Å²) in [7, 11) is 2.22. The highest BCUT2D eigenvalue weighted by Gasteiger charge is 2.32. The molecule has 6 heteroatoms. The minimum Gasteiger partial charge on any atom is -0.334 e. The molecule has 386 valence electrons. The lowest BCUT2D eigenvalue weighted by molar-refractivity contribution is -0.701. The molecule has 6 nitrogen and oxygen atoms in total. The summed E-state index contributed by atoms with van der Waals surface area (Å²) in [6, 6.07) is 33.1. The first-order valence-corrected chi connectivity index (χ1v) is 27.3. The van der Waals surface area contributed by atoms with Crippen molar-refractivity contribution in [1.82, 2.24) is 4.98 Å². The van der Waals surface area contributed by atoms with Crippen molar-refractivity contribution in [2.24, 2.45) is 7.05 Å². The molecule has 4 aromatic carbocycles. The maximum Gasteiger partial charge on any atom is 0.188 e. The zero-order valence-corrected chi connectivity index (χ0v) is 49.0. The third kappa shape index (κ3) is 9.94. The van der Waals surface area contributed by atoms with E-state index in [-0.39, 0.29) is 0 Å². The molecular weight excluding hydrogens is 913 g/mol. The summed E-state index contributed by atoms with van der Waals surface area (Å²) in [4.78, 5) is 10.2. The summed E-state index contributed by atoms with van der Waals surface area (Å²) in [6.07, 6.45) is 1.80. The molecule has 0 fully saturated rings. The third-order valence-corrected chi connectivity index (χ3v) is 18.2. The number of pyridine rings is 4. The van der Waals surface area contributed by atoms with Gasteiger partial charge in [0.15, 0.2) is 47.3 Å². The van der Waals surface area contributed by atoms with E-state index in [1.54, 1.807) is 0 Å². The molecule has 5 heterocycles. The Labute approximate surface area is 450 Å². The molecule has 0 spiro atoms. The van der Waals surface area contributed by atoms with Gasteiger partial charge >= 0.3 is 0 Å². The van der Waals surface area contributed by atoms with Gasteiger partial charge in [-0.05, 0) is 176 Å². The van der Waals surface area contributed by atoms with Crippen molar-refractivity contribution in [3.05, 3.63) is 231 Å². The number of anilines is 4. The largest absolute Gasteiger partial charge is 0.334 e. The molecule has 0 bridgehead atoms. The van der Waals surface area contributed by atoms with E-state index in [0.29, 0.717) is 0 Å². The second-order valence-electron chi connectivity index (χ2n) is 22.7.